The van der Waals surface area contributed by atoms with Gasteiger partial charge in [0.05, 0.1) is 11.4 Å². The van der Waals surface area contributed by atoms with Crippen molar-refractivity contribution in [2.75, 3.05) is 9.44 Å². The molecule has 0 bridgehead atoms. The molecule has 6 rings (SSSR count). The molecule has 0 radical (unpaired) electrons. The van der Waals surface area contributed by atoms with Gasteiger partial charge in [0.2, 0.25) is 0 Å². The van der Waals surface area contributed by atoms with Crippen LogP contribution in [0.1, 0.15) is 26.3 Å². The highest BCUT2D eigenvalue weighted by atomic mass is 35.5. The number of halogens is 4. The molecule has 0 spiro atoms. The number of carboxylic acids is 1. The summed E-state index contributed by atoms with van der Waals surface area (Å²) in [6.45, 7) is 1.52. The monoisotopic (exact) mass is 856 g/mol. The maximum absolute atomic E-state index is 13.9. The average molecular weight is 858 g/mol. The Hall–Kier alpha value is -5.78. The third-order valence-electron chi connectivity index (χ3n) is 7.99. The van der Waals surface area contributed by atoms with E-state index in [9.17, 15) is 41.0 Å². The number of ether oxygens (including phenoxy) is 1. The van der Waals surface area contributed by atoms with Gasteiger partial charge in [-0.1, -0.05) is 53.0 Å². The predicted octanol–water partition coefficient (Wildman–Crippen LogP) is 8.44. The molecule has 0 atom stereocenters. The standard InChI is InChI=1S/C37H24Cl3FN4O9S2/c1-19-11-21(5-10-31(19)41)30-16-26(18-43-35(30)40)56(52,53)45-24-7-9-28(36(47)48)33(14-24)54-37(49)27-8-6-23(13-32(27)46)44-55(50,51)25-15-29(34(39)42-17-25)20-3-2-4-22(38)12-20/h2-18,44-46H,1H3,(H,47,48). The Morgan fingerprint density at radius 2 is 1.27 bits per heavy atom. The number of aromatic hydroxyl groups is 1. The molecule has 286 valence electrons. The molecule has 0 fully saturated rings. The highest BCUT2D eigenvalue weighted by molar-refractivity contribution is 7.93. The number of pyridine rings is 2. The fourth-order valence-electron chi connectivity index (χ4n) is 5.22. The summed E-state index contributed by atoms with van der Waals surface area (Å²) >= 11 is 18.5. The second-order valence-corrected chi connectivity index (χ2v) is 16.4. The number of aromatic nitrogens is 2. The SMILES string of the molecule is Cc1cc(-c2cc(S(=O)(=O)Nc3ccc(C(=O)O)c(OC(=O)c4ccc(NS(=O)(=O)c5cnc(Cl)c(-c6cccc(Cl)c6)c5)cc4O)c3)cnc2Cl)ccc1F. The van der Waals surface area contributed by atoms with Gasteiger partial charge in [-0.2, -0.15) is 0 Å². The second-order valence-electron chi connectivity index (χ2n) is 11.8. The van der Waals surface area contributed by atoms with Crippen molar-refractivity contribution in [2.24, 2.45) is 0 Å². The summed E-state index contributed by atoms with van der Waals surface area (Å²) in [5.74, 6) is -4.63. The van der Waals surface area contributed by atoms with Crippen molar-refractivity contribution in [2.45, 2.75) is 16.7 Å². The molecule has 4 aromatic carbocycles. The van der Waals surface area contributed by atoms with Crippen LogP contribution in [0.3, 0.4) is 0 Å². The van der Waals surface area contributed by atoms with Gasteiger partial charge in [-0.15, -0.1) is 0 Å². The Morgan fingerprint density at radius 1 is 0.714 bits per heavy atom. The fourth-order valence-corrected chi connectivity index (χ4v) is 7.88. The molecule has 13 nitrogen and oxygen atoms in total. The maximum atomic E-state index is 13.9. The van der Waals surface area contributed by atoms with Crippen LogP contribution in [-0.4, -0.2) is 49.0 Å². The Morgan fingerprint density at radius 3 is 1.80 bits per heavy atom. The number of hydrogen-bond acceptors (Lipinski definition) is 10. The van der Waals surface area contributed by atoms with Crippen LogP contribution in [-0.2, 0) is 20.0 Å². The van der Waals surface area contributed by atoms with E-state index in [0.29, 0.717) is 16.1 Å². The number of phenolic OH excluding ortho intramolecular Hbond substituents is 1. The molecule has 0 amide bonds. The number of carboxylic acid groups (broad SMARTS) is 1. The predicted molar refractivity (Wildman–Crippen MR) is 207 cm³/mol. The molecule has 0 saturated carbocycles. The van der Waals surface area contributed by atoms with Crippen molar-refractivity contribution >= 4 is 78.2 Å². The average Bonchev–Trinajstić information content (AvgIpc) is 3.12. The number of aromatic carboxylic acids is 1. The van der Waals surface area contributed by atoms with E-state index in [1.165, 1.54) is 37.3 Å². The Balaban J connectivity index is 1.22. The number of rotatable bonds is 11. The van der Waals surface area contributed by atoms with Gasteiger partial charge < -0.3 is 14.9 Å². The van der Waals surface area contributed by atoms with E-state index in [0.717, 1.165) is 48.8 Å². The molecule has 4 N–H and O–H groups in total. The lowest BCUT2D eigenvalue weighted by atomic mass is 10.1. The van der Waals surface area contributed by atoms with Crippen molar-refractivity contribution in [1.82, 2.24) is 9.97 Å². The van der Waals surface area contributed by atoms with Crippen LogP contribution in [0, 0.1) is 12.7 Å². The van der Waals surface area contributed by atoms with Gasteiger partial charge in [0.15, 0.2) is 0 Å². The number of aryl methyl sites for hydroxylation is 1. The number of carbonyl (C=O) groups excluding carboxylic acids is 1. The van der Waals surface area contributed by atoms with E-state index in [-0.39, 0.29) is 48.2 Å². The number of phenols is 1. The minimum Gasteiger partial charge on any atom is -0.507 e. The van der Waals surface area contributed by atoms with Crippen LogP contribution < -0.4 is 14.2 Å². The summed E-state index contributed by atoms with van der Waals surface area (Å²) in [5, 5.41) is 20.8. The highest BCUT2D eigenvalue weighted by Gasteiger charge is 2.24. The summed E-state index contributed by atoms with van der Waals surface area (Å²) in [7, 11) is -8.74. The molecular formula is C37H24Cl3FN4O9S2. The van der Waals surface area contributed by atoms with E-state index in [1.54, 1.807) is 24.3 Å². The zero-order valence-electron chi connectivity index (χ0n) is 28.3. The minimum absolute atomic E-state index is 0.0201. The van der Waals surface area contributed by atoms with Crippen LogP contribution in [0.15, 0.2) is 113 Å². The first-order valence-corrected chi connectivity index (χ1v) is 19.8. The van der Waals surface area contributed by atoms with Crippen LogP contribution in [0.5, 0.6) is 11.5 Å². The zero-order valence-corrected chi connectivity index (χ0v) is 32.2. The van der Waals surface area contributed by atoms with E-state index in [1.807, 2.05) is 0 Å². The Labute approximate surface area is 333 Å². The second kappa shape index (κ2) is 15.8. The smallest absolute Gasteiger partial charge is 0.347 e. The largest absolute Gasteiger partial charge is 0.507 e. The molecule has 19 heteroatoms. The molecule has 2 heterocycles. The number of sulfonamides is 2. The fraction of sp³-hybridized carbons (Fsp3) is 0.0270. The van der Waals surface area contributed by atoms with Crippen molar-refractivity contribution in [3.63, 3.8) is 0 Å². The van der Waals surface area contributed by atoms with Crippen molar-refractivity contribution in [1.29, 1.82) is 0 Å². The van der Waals surface area contributed by atoms with E-state index in [4.69, 9.17) is 39.5 Å². The molecule has 56 heavy (non-hydrogen) atoms. The van der Waals surface area contributed by atoms with E-state index < -0.39 is 60.4 Å². The number of carbonyl (C=O) groups is 2. The number of nitrogens with zero attached hydrogens (tertiary/aromatic N) is 2. The van der Waals surface area contributed by atoms with Crippen molar-refractivity contribution in [3.05, 3.63) is 141 Å². The van der Waals surface area contributed by atoms with Gasteiger partial charge in [-0.05, 0) is 84.3 Å². The molecule has 0 aliphatic heterocycles. The van der Waals surface area contributed by atoms with Crippen molar-refractivity contribution in [3.8, 4) is 33.8 Å². The maximum Gasteiger partial charge on any atom is 0.347 e. The molecule has 0 saturated heterocycles. The molecule has 0 unspecified atom stereocenters. The van der Waals surface area contributed by atoms with E-state index in [2.05, 4.69) is 19.4 Å². The highest BCUT2D eigenvalue weighted by Crippen LogP contribution is 2.34. The number of hydrogen-bond donors (Lipinski definition) is 4. The van der Waals surface area contributed by atoms with Crippen LogP contribution in [0.25, 0.3) is 22.3 Å². The van der Waals surface area contributed by atoms with Gasteiger partial charge in [-0.25, -0.2) is 40.8 Å². The summed E-state index contributed by atoms with van der Waals surface area (Å²) in [6.07, 6.45) is 2.01. The van der Waals surface area contributed by atoms with E-state index >= 15 is 0 Å². The van der Waals surface area contributed by atoms with Gasteiger partial charge in [0.1, 0.15) is 48.5 Å². The van der Waals surface area contributed by atoms with Crippen LogP contribution in [0.4, 0.5) is 15.8 Å². The van der Waals surface area contributed by atoms with Gasteiger partial charge in [-0.3, -0.25) is 9.44 Å². The number of benzene rings is 4. The summed E-state index contributed by atoms with van der Waals surface area (Å²) in [4.78, 5) is 32.5. The quantitative estimate of drug-likeness (QED) is 0.0553. The number of esters is 1. The molecule has 0 aliphatic carbocycles. The lowest BCUT2D eigenvalue weighted by Gasteiger charge is -2.14. The topological polar surface area (TPSA) is 202 Å². The number of anilines is 2. The third kappa shape index (κ3) is 8.69. The zero-order chi connectivity index (χ0) is 40.5. The first-order chi connectivity index (χ1) is 26.4. The van der Waals surface area contributed by atoms with Crippen LogP contribution in [0.2, 0.25) is 15.3 Å². The first kappa shape index (κ1) is 39.9. The lowest BCUT2D eigenvalue weighted by molar-refractivity contribution is 0.0681. The third-order valence-corrected chi connectivity index (χ3v) is 11.5. The first-order valence-electron chi connectivity index (χ1n) is 15.7. The van der Waals surface area contributed by atoms with Gasteiger partial charge >= 0.3 is 11.9 Å². The number of nitrogens with one attached hydrogen (secondary N) is 2. The van der Waals surface area contributed by atoms with Crippen molar-refractivity contribution < 1.29 is 45.8 Å². The van der Waals surface area contributed by atoms with Gasteiger partial charge in [0.25, 0.3) is 20.0 Å². The summed E-state index contributed by atoms with van der Waals surface area (Å²) < 4.78 is 77.0. The molecule has 6 aromatic rings. The van der Waals surface area contributed by atoms with Crippen LogP contribution >= 0.6 is 34.8 Å². The normalized spacial score (nSPS) is 11.5. The molecule has 0 aliphatic rings. The Kier molecular flexibility index (Phi) is 11.2. The molecule has 2 aromatic heterocycles. The van der Waals surface area contributed by atoms with Gasteiger partial charge in [0, 0.05) is 40.7 Å². The summed E-state index contributed by atoms with van der Waals surface area (Å²) in [5.41, 5.74) is 0.230. The molecular weight excluding hydrogens is 834 g/mol. The lowest BCUT2D eigenvalue weighted by Crippen LogP contribution is -2.16. The Bertz CT molecular complexity index is 2810. The minimum atomic E-state index is -4.42. The summed E-state index contributed by atoms with van der Waals surface area (Å²) in [6, 6.07) is 19.2.